The molecule has 0 saturated heterocycles. The van der Waals surface area contributed by atoms with Gasteiger partial charge in [-0.05, 0) is 31.8 Å². The van der Waals surface area contributed by atoms with Gasteiger partial charge in [-0.25, -0.2) is 0 Å². The summed E-state index contributed by atoms with van der Waals surface area (Å²) in [4.78, 5) is 11.5. The monoisotopic (exact) mass is 212 g/mol. The smallest absolute Gasteiger partial charge is 0.214 e. The Balaban J connectivity index is 2.28. The van der Waals surface area contributed by atoms with Crippen LogP contribution in [-0.2, 0) is 4.79 Å². The Morgan fingerprint density at radius 1 is 1.43 bits per heavy atom. The van der Waals surface area contributed by atoms with E-state index in [1.807, 2.05) is 0 Å². The molecule has 0 aromatic rings. The third kappa shape index (κ3) is 3.49. The summed E-state index contributed by atoms with van der Waals surface area (Å²) in [7, 11) is 0. The van der Waals surface area contributed by atoms with Gasteiger partial charge in [0.15, 0.2) is 0 Å². The predicted molar refractivity (Wildman–Crippen MR) is 63.5 cm³/mol. The average Bonchev–Trinajstić information content (AvgIpc) is 2.86. The molecule has 80 valence electrons. The molecule has 0 unspecified atom stereocenters. The fourth-order valence-electron chi connectivity index (χ4n) is 1.52. The molecule has 0 radical (unpaired) electrons. The molecule has 0 amide bonds. The second kappa shape index (κ2) is 5.01. The summed E-state index contributed by atoms with van der Waals surface area (Å²) >= 11 is 1.53. The molecule has 14 heavy (non-hydrogen) atoms. The van der Waals surface area contributed by atoms with Gasteiger partial charge in [-0.2, -0.15) is 0 Å². The maximum absolute atomic E-state index is 11.5. The molecule has 0 atom stereocenters. The first-order chi connectivity index (χ1) is 6.59. The van der Waals surface area contributed by atoms with Crippen molar-refractivity contribution in [3.63, 3.8) is 0 Å². The van der Waals surface area contributed by atoms with E-state index in [1.165, 1.54) is 50.3 Å². The van der Waals surface area contributed by atoms with Crippen LogP contribution >= 0.6 is 11.8 Å². The molecule has 0 heterocycles. The van der Waals surface area contributed by atoms with Crippen LogP contribution in [0.5, 0.6) is 0 Å². The van der Waals surface area contributed by atoms with Crippen LogP contribution in [0.2, 0.25) is 0 Å². The number of unbranched alkanes of at least 4 members (excludes halogenated alkanes) is 2. The van der Waals surface area contributed by atoms with Crippen LogP contribution in [0.4, 0.5) is 0 Å². The highest BCUT2D eigenvalue weighted by Gasteiger charge is 2.44. The van der Waals surface area contributed by atoms with Crippen molar-refractivity contribution < 1.29 is 4.79 Å². The molecule has 1 aliphatic rings. The summed E-state index contributed by atoms with van der Waals surface area (Å²) in [6.07, 6.45) is 7.48. The zero-order valence-corrected chi connectivity index (χ0v) is 10.1. The summed E-state index contributed by atoms with van der Waals surface area (Å²) < 4.78 is 0.311. The van der Waals surface area contributed by atoms with Gasteiger partial charge in [-0.3, -0.25) is 4.79 Å². The summed E-state index contributed by atoms with van der Waals surface area (Å²) in [5.74, 6) is 0. The highest BCUT2D eigenvalue weighted by atomic mass is 32.2. The standard InChI is InChI=1S/C12H20OS/c1-4-5-6-7-12(8-9-12)14-11(13)10(2)3/h2,4-9H2,1,3H3. The lowest BCUT2D eigenvalue weighted by Crippen LogP contribution is -2.07. The summed E-state index contributed by atoms with van der Waals surface area (Å²) in [6, 6.07) is 0. The van der Waals surface area contributed by atoms with Gasteiger partial charge in [-0.1, -0.05) is 44.5 Å². The van der Waals surface area contributed by atoms with Gasteiger partial charge in [0.25, 0.3) is 0 Å². The normalized spacial score (nSPS) is 17.9. The Hall–Kier alpha value is -0.240. The quantitative estimate of drug-likeness (QED) is 0.490. The second-order valence-electron chi connectivity index (χ2n) is 4.31. The molecular weight excluding hydrogens is 192 g/mol. The number of carbonyl (C=O) groups is 1. The van der Waals surface area contributed by atoms with Crippen LogP contribution < -0.4 is 0 Å². The Kier molecular flexibility index (Phi) is 4.24. The van der Waals surface area contributed by atoms with E-state index < -0.39 is 0 Å². The van der Waals surface area contributed by atoms with E-state index in [2.05, 4.69) is 13.5 Å². The van der Waals surface area contributed by atoms with E-state index in [9.17, 15) is 4.79 Å². The minimum Gasteiger partial charge on any atom is -0.282 e. The van der Waals surface area contributed by atoms with E-state index in [0.717, 1.165) is 0 Å². The summed E-state index contributed by atoms with van der Waals surface area (Å²) in [5.41, 5.74) is 0.691. The van der Waals surface area contributed by atoms with Crippen molar-refractivity contribution in [3.05, 3.63) is 12.2 Å². The van der Waals surface area contributed by atoms with Crippen molar-refractivity contribution in [3.8, 4) is 0 Å². The van der Waals surface area contributed by atoms with Gasteiger partial charge in [0.2, 0.25) is 5.12 Å². The zero-order valence-electron chi connectivity index (χ0n) is 9.27. The first-order valence-electron chi connectivity index (χ1n) is 5.48. The van der Waals surface area contributed by atoms with Crippen LogP contribution in [0.15, 0.2) is 12.2 Å². The fourth-order valence-corrected chi connectivity index (χ4v) is 2.64. The SMILES string of the molecule is C=C(C)C(=O)SC1(CCCCC)CC1. The molecule has 0 N–H and O–H groups in total. The highest BCUT2D eigenvalue weighted by Crippen LogP contribution is 2.52. The van der Waals surface area contributed by atoms with E-state index >= 15 is 0 Å². The van der Waals surface area contributed by atoms with Crippen molar-refractivity contribution in [2.24, 2.45) is 0 Å². The van der Waals surface area contributed by atoms with Crippen LogP contribution in [0.1, 0.15) is 52.4 Å². The lowest BCUT2D eigenvalue weighted by Gasteiger charge is -2.12. The molecule has 0 aliphatic heterocycles. The third-order valence-electron chi connectivity index (χ3n) is 2.70. The molecule has 1 fully saturated rings. The Morgan fingerprint density at radius 3 is 2.50 bits per heavy atom. The lowest BCUT2D eigenvalue weighted by atomic mass is 10.1. The van der Waals surface area contributed by atoms with Crippen LogP contribution in [-0.4, -0.2) is 9.86 Å². The van der Waals surface area contributed by atoms with Gasteiger partial charge in [0, 0.05) is 4.75 Å². The van der Waals surface area contributed by atoms with E-state index in [4.69, 9.17) is 0 Å². The van der Waals surface area contributed by atoms with Crippen LogP contribution in [0.25, 0.3) is 0 Å². The summed E-state index contributed by atoms with van der Waals surface area (Å²) in [6.45, 7) is 7.71. The topological polar surface area (TPSA) is 17.1 Å². The van der Waals surface area contributed by atoms with Crippen molar-refractivity contribution in [2.45, 2.75) is 57.1 Å². The van der Waals surface area contributed by atoms with Gasteiger partial charge in [0.05, 0.1) is 0 Å². The van der Waals surface area contributed by atoms with Crippen molar-refractivity contribution in [1.29, 1.82) is 0 Å². The lowest BCUT2D eigenvalue weighted by molar-refractivity contribution is -0.107. The maximum atomic E-state index is 11.5. The van der Waals surface area contributed by atoms with E-state index in [0.29, 0.717) is 10.3 Å². The van der Waals surface area contributed by atoms with Crippen molar-refractivity contribution >= 4 is 16.9 Å². The van der Waals surface area contributed by atoms with Crippen LogP contribution in [0.3, 0.4) is 0 Å². The highest BCUT2D eigenvalue weighted by molar-refractivity contribution is 8.15. The van der Waals surface area contributed by atoms with E-state index in [1.54, 1.807) is 6.92 Å². The van der Waals surface area contributed by atoms with E-state index in [-0.39, 0.29) is 5.12 Å². The van der Waals surface area contributed by atoms with Gasteiger partial charge in [0.1, 0.15) is 0 Å². The molecule has 1 nitrogen and oxygen atoms in total. The number of hydrogen-bond donors (Lipinski definition) is 0. The molecule has 1 saturated carbocycles. The molecule has 0 aromatic carbocycles. The van der Waals surface area contributed by atoms with Gasteiger partial charge >= 0.3 is 0 Å². The first kappa shape index (κ1) is 11.8. The molecule has 0 aromatic heterocycles. The van der Waals surface area contributed by atoms with Gasteiger partial charge < -0.3 is 0 Å². The van der Waals surface area contributed by atoms with Crippen LogP contribution in [0, 0.1) is 0 Å². The zero-order chi connectivity index (χ0) is 10.6. The maximum Gasteiger partial charge on any atom is 0.214 e. The molecule has 0 bridgehead atoms. The minimum absolute atomic E-state index is 0.194. The molecular formula is C12H20OS. The Bertz CT molecular complexity index is 228. The van der Waals surface area contributed by atoms with Crippen molar-refractivity contribution in [1.82, 2.24) is 0 Å². The molecule has 1 aliphatic carbocycles. The van der Waals surface area contributed by atoms with Crippen molar-refractivity contribution in [2.75, 3.05) is 0 Å². The number of carbonyl (C=O) groups excluding carboxylic acids is 1. The molecule has 1 rings (SSSR count). The minimum atomic E-state index is 0.194. The average molecular weight is 212 g/mol. The number of thioether (sulfide) groups is 1. The third-order valence-corrected chi connectivity index (χ3v) is 4.28. The number of rotatable bonds is 6. The fraction of sp³-hybridized carbons (Fsp3) is 0.750. The number of hydrogen-bond acceptors (Lipinski definition) is 2. The largest absolute Gasteiger partial charge is 0.282 e. The Labute approximate surface area is 91.3 Å². The summed E-state index contributed by atoms with van der Waals surface area (Å²) in [5, 5.41) is 0.194. The second-order valence-corrected chi connectivity index (χ2v) is 5.75. The predicted octanol–water partition coefficient (Wildman–Crippen LogP) is 3.94. The molecule has 2 heteroatoms. The van der Waals surface area contributed by atoms with Gasteiger partial charge in [-0.15, -0.1) is 0 Å². The Morgan fingerprint density at radius 2 is 2.07 bits per heavy atom. The first-order valence-corrected chi connectivity index (χ1v) is 6.30. The molecule has 0 spiro atoms.